The summed E-state index contributed by atoms with van der Waals surface area (Å²) in [7, 11) is 0. The van der Waals surface area contributed by atoms with Crippen molar-refractivity contribution >= 4 is 28.6 Å². The number of hydrogen-bond donors (Lipinski definition) is 1. The Bertz CT molecular complexity index is 365. The van der Waals surface area contributed by atoms with Crippen LogP contribution in [0.5, 0.6) is 0 Å². The van der Waals surface area contributed by atoms with E-state index in [0.717, 1.165) is 0 Å². The summed E-state index contributed by atoms with van der Waals surface area (Å²) in [4.78, 5) is 11.6. The van der Waals surface area contributed by atoms with Gasteiger partial charge in [-0.05, 0) is 5.56 Å². The second-order valence-corrected chi connectivity index (χ2v) is 4.49. The summed E-state index contributed by atoms with van der Waals surface area (Å²) in [5, 5.41) is 10.3. The Balaban J connectivity index is 2.32. The summed E-state index contributed by atoms with van der Waals surface area (Å²) in [5.41, 5.74) is -0.834. The Labute approximate surface area is 102 Å². The van der Waals surface area contributed by atoms with E-state index in [4.69, 9.17) is 4.74 Å². The normalized spacial score (nSPS) is 30.3. The van der Waals surface area contributed by atoms with Crippen molar-refractivity contribution < 1.29 is 14.6 Å². The number of ether oxygens (including phenoxy) is 1. The Hall–Kier alpha value is -0.620. The van der Waals surface area contributed by atoms with Crippen molar-refractivity contribution in [2.75, 3.05) is 4.43 Å². The molecule has 1 aliphatic rings. The fraction of sp³-hybridized carbons (Fsp3) is 0.364. The number of benzene rings is 1. The number of aliphatic hydroxyl groups is 1. The molecule has 0 radical (unpaired) electrons. The van der Waals surface area contributed by atoms with Crippen LogP contribution in [0.25, 0.3) is 0 Å². The minimum atomic E-state index is -1.45. The molecule has 15 heavy (non-hydrogen) atoms. The molecule has 2 atom stereocenters. The van der Waals surface area contributed by atoms with Gasteiger partial charge in [-0.2, -0.15) is 0 Å². The maximum absolute atomic E-state index is 11.6. The third kappa shape index (κ3) is 1.88. The summed E-state index contributed by atoms with van der Waals surface area (Å²) < 4.78 is 5.79. The van der Waals surface area contributed by atoms with Crippen molar-refractivity contribution in [2.45, 2.75) is 18.1 Å². The van der Waals surface area contributed by atoms with Gasteiger partial charge in [-0.3, -0.25) is 0 Å². The van der Waals surface area contributed by atoms with Crippen LogP contribution in [0.2, 0.25) is 0 Å². The Kier molecular flexibility index (Phi) is 2.97. The summed E-state index contributed by atoms with van der Waals surface area (Å²) in [6.07, 6.45) is 0.169. The fourth-order valence-electron chi connectivity index (χ4n) is 1.74. The number of halogens is 1. The number of alkyl halides is 1. The zero-order chi connectivity index (χ0) is 10.9. The van der Waals surface area contributed by atoms with E-state index in [1.165, 1.54) is 0 Å². The molecule has 0 spiro atoms. The topological polar surface area (TPSA) is 46.5 Å². The highest BCUT2D eigenvalue weighted by molar-refractivity contribution is 14.1. The quantitative estimate of drug-likeness (QED) is 0.512. The van der Waals surface area contributed by atoms with Crippen LogP contribution >= 0.6 is 22.6 Å². The van der Waals surface area contributed by atoms with Gasteiger partial charge in [0.25, 0.3) is 0 Å². The average Bonchev–Trinajstić information content (AvgIpc) is 2.57. The third-order valence-corrected chi connectivity index (χ3v) is 3.54. The predicted octanol–water partition coefficient (Wildman–Crippen LogP) is 1.62. The lowest BCUT2D eigenvalue weighted by Gasteiger charge is -2.17. The minimum Gasteiger partial charge on any atom is -0.459 e. The smallest absolute Gasteiger partial charge is 0.343 e. The Morgan fingerprint density at radius 3 is 2.67 bits per heavy atom. The molecule has 0 aliphatic carbocycles. The highest BCUT2D eigenvalue weighted by Crippen LogP contribution is 2.35. The number of rotatable bonds is 2. The van der Waals surface area contributed by atoms with Gasteiger partial charge in [0.05, 0.1) is 0 Å². The molecule has 1 heterocycles. The number of carbonyl (C=O) groups is 1. The molecule has 1 aromatic rings. The first kappa shape index (κ1) is 10.9. The molecule has 1 N–H and O–H groups in total. The molecular formula is C11H11IO3. The van der Waals surface area contributed by atoms with Crippen molar-refractivity contribution in [3.63, 3.8) is 0 Å². The molecule has 0 saturated carbocycles. The van der Waals surface area contributed by atoms with Crippen LogP contribution in [-0.2, 0) is 15.1 Å². The van der Waals surface area contributed by atoms with E-state index in [0.29, 0.717) is 16.4 Å². The van der Waals surface area contributed by atoms with Crippen molar-refractivity contribution in [3.8, 4) is 0 Å². The van der Waals surface area contributed by atoms with E-state index in [1.807, 2.05) is 6.07 Å². The number of carbonyl (C=O) groups excluding carboxylic acids is 1. The van der Waals surface area contributed by atoms with Gasteiger partial charge in [-0.1, -0.05) is 52.9 Å². The van der Waals surface area contributed by atoms with E-state index in [-0.39, 0.29) is 6.10 Å². The lowest BCUT2D eigenvalue weighted by Crippen LogP contribution is -2.30. The van der Waals surface area contributed by atoms with Gasteiger partial charge >= 0.3 is 5.97 Å². The van der Waals surface area contributed by atoms with E-state index in [2.05, 4.69) is 22.6 Å². The van der Waals surface area contributed by atoms with Gasteiger partial charge in [0.2, 0.25) is 0 Å². The van der Waals surface area contributed by atoms with Gasteiger partial charge in [-0.25, -0.2) is 4.79 Å². The summed E-state index contributed by atoms with van der Waals surface area (Å²) >= 11 is 2.15. The fourth-order valence-corrected chi connectivity index (χ4v) is 2.23. The van der Waals surface area contributed by atoms with Crippen LogP contribution in [0.15, 0.2) is 30.3 Å². The number of hydrogen-bond acceptors (Lipinski definition) is 3. The average molecular weight is 318 g/mol. The molecule has 1 aliphatic heterocycles. The summed E-state index contributed by atoms with van der Waals surface area (Å²) in [6.45, 7) is 0. The first-order valence-corrected chi connectivity index (χ1v) is 6.24. The number of esters is 1. The van der Waals surface area contributed by atoms with Gasteiger partial charge in [-0.15, -0.1) is 0 Å². The highest BCUT2D eigenvalue weighted by atomic mass is 127. The number of cyclic esters (lactones) is 1. The van der Waals surface area contributed by atoms with Crippen LogP contribution in [0.3, 0.4) is 0 Å². The minimum absolute atomic E-state index is 0.177. The maximum atomic E-state index is 11.6. The molecule has 1 aromatic carbocycles. The van der Waals surface area contributed by atoms with Crippen LogP contribution in [-0.4, -0.2) is 21.6 Å². The molecule has 1 fully saturated rings. The monoisotopic (exact) mass is 318 g/mol. The zero-order valence-corrected chi connectivity index (χ0v) is 10.2. The molecule has 0 amide bonds. The second-order valence-electron chi connectivity index (χ2n) is 3.61. The molecule has 0 aromatic heterocycles. The van der Waals surface area contributed by atoms with Crippen molar-refractivity contribution in [3.05, 3.63) is 35.9 Å². The van der Waals surface area contributed by atoms with E-state index >= 15 is 0 Å². The van der Waals surface area contributed by atoms with Crippen LogP contribution in [0.4, 0.5) is 0 Å². The van der Waals surface area contributed by atoms with Crippen LogP contribution < -0.4 is 0 Å². The molecule has 4 heteroatoms. The standard InChI is InChI=1S/C11H11IO3/c12-7-9-6-11(14,10(13)15-9)8-4-2-1-3-5-8/h1-5,9,14H,6-7H2/t9-,11-/m1/s1. The third-order valence-electron chi connectivity index (χ3n) is 2.56. The van der Waals surface area contributed by atoms with Gasteiger partial charge in [0, 0.05) is 10.8 Å². The van der Waals surface area contributed by atoms with Gasteiger partial charge < -0.3 is 9.84 Å². The van der Waals surface area contributed by atoms with E-state index in [9.17, 15) is 9.90 Å². The summed E-state index contributed by atoms with van der Waals surface area (Å²) in [6, 6.07) is 8.95. The molecule has 0 bridgehead atoms. The van der Waals surface area contributed by atoms with Gasteiger partial charge in [0.15, 0.2) is 5.60 Å². The SMILES string of the molecule is O=C1O[C@@H](CI)C[C@@]1(O)c1ccccc1. The molecular weight excluding hydrogens is 307 g/mol. The Morgan fingerprint density at radius 1 is 1.47 bits per heavy atom. The first-order chi connectivity index (χ1) is 7.16. The largest absolute Gasteiger partial charge is 0.459 e. The highest BCUT2D eigenvalue weighted by Gasteiger charge is 2.48. The van der Waals surface area contributed by atoms with E-state index < -0.39 is 11.6 Å². The maximum Gasteiger partial charge on any atom is 0.343 e. The van der Waals surface area contributed by atoms with E-state index in [1.54, 1.807) is 24.3 Å². The van der Waals surface area contributed by atoms with Crippen molar-refractivity contribution in [1.29, 1.82) is 0 Å². The molecule has 80 valence electrons. The molecule has 2 rings (SSSR count). The van der Waals surface area contributed by atoms with Gasteiger partial charge in [0.1, 0.15) is 6.10 Å². The molecule has 3 nitrogen and oxygen atoms in total. The van der Waals surface area contributed by atoms with Crippen molar-refractivity contribution in [1.82, 2.24) is 0 Å². The lowest BCUT2D eigenvalue weighted by molar-refractivity contribution is -0.155. The molecule has 0 unspecified atom stereocenters. The van der Waals surface area contributed by atoms with Crippen LogP contribution in [0.1, 0.15) is 12.0 Å². The second kappa shape index (κ2) is 4.09. The zero-order valence-electron chi connectivity index (χ0n) is 8.02. The summed E-state index contributed by atoms with van der Waals surface area (Å²) in [5.74, 6) is -0.532. The molecule has 1 saturated heterocycles. The van der Waals surface area contributed by atoms with Crippen molar-refractivity contribution in [2.24, 2.45) is 0 Å². The lowest BCUT2D eigenvalue weighted by atomic mass is 9.91. The predicted molar refractivity (Wildman–Crippen MR) is 63.7 cm³/mol. The van der Waals surface area contributed by atoms with Crippen LogP contribution in [0, 0.1) is 0 Å². The first-order valence-electron chi connectivity index (χ1n) is 4.72. The Morgan fingerprint density at radius 2 is 2.13 bits per heavy atom.